The summed E-state index contributed by atoms with van der Waals surface area (Å²) in [4.78, 5) is 0. The molecule has 0 bridgehead atoms. The second kappa shape index (κ2) is 9.41. The maximum absolute atomic E-state index is 2.58. The summed E-state index contributed by atoms with van der Waals surface area (Å²) in [7, 11) is -2.23. The molecule has 8 aromatic rings. The minimum Gasteiger partial charge on any atom is -0.309 e. The molecule has 0 N–H and O–H groups in total. The van der Waals surface area contributed by atoms with Gasteiger partial charge in [0.1, 0.15) is 8.07 Å². The molecule has 1 unspecified atom stereocenters. The van der Waals surface area contributed by atoms with Crippen molar-refractivity contribution in [3.8, 4) is 27.9 Å². The number of hydrogen-bond donors (Lipinski definition) is 0. The first-order chi connectivity index (χ1) is 24.3. The number of fused-ring (bicyclic) bond motifs is 14. The zero-order valence-corrected chi connectivity index (χ0v) is 29.9. The first-order valence-electron chi connectivity index (χ1n) is 18.0. The zero-order chi connectivity index (χ0) is 33.6. The van der Waals surface area contributed by atoms with E-state index < -0.39 is 13.5 Å². The van der Waals surface area contributed by atoms with Crippen LogP contribution in [-0.2, 0) is 10.8 Å². The number of rotatable bonds is 1. The van der Waals surface area contributed by atoms with Crippen molar-refractivity contribution in [1.82, 2.24) is 4.57 Å². The molecule has 0 radical (unpaired) electrons. The van der Waals surface area contributed by atoms with Gasteiger partial charge in [-0.15, -0.1) is 0 Å². The van der Waals surface area contributed by atoms with Crippen LogP contribution in [0.25, 0.3) is 49.7 Å². The Kier molecular flexibility index (Phi) is 5.35. The molecule has 2 aliphatic heterocycles. The molecule has 7 aromatic carbocycles. The highest BCUT2D eigenvalue weighted by molar-refractivity contribution is 7.02. The number of aromatic nitrogens is 1. The van der Waals surface area contributed by atoms with Crippen LogP contribution in [0.5, 0.6) is 0 Å². The molecule has 1 aromatic heterocycles. The van der Waals surface area contributed by atoms with Gasteiger partial charge < -0.3 is 4.57 Å². The average molecular weight is 656 g/mol. The third kappa shape index (κ3) is 3.20. The molecular weight excluding hydrogens is 619 g/mol. The van der Waals surface area contributed by atoms with Gasteiger partial charge in [-0.1, -0.05) is 160 Å². The second-order valence-electron chi connectivity index (χ2n) is 15.7. The number of para-hydroxylation sites is 3. The molecule has 3 heterocycles. The summed E-state index contributed by atoms with van der Waals surface area (Å²) >= 11 is 0. The predicted octanol–water partition coefficient (Wildman–Crippen LogP) is 10.6. The standard InChI is InChI=1S/C48H37NSi/c1-47(2)36-19-7-5-15-32(36)33-28-27-30(29-41(33)47)31-17-13-23-40-46(31)50(3,4)44-26-12-9-21-38(44)48(40)37-20-8-11-25-43(37)49-42-24-10-6-16-34(42)35-18-14-22-39(48)45(35)49/h5-29H,1-4H3. The fourth-order valence-corrected chi connectivity index (χ4v) is 14.1. The molecule has 0 saturated carbocycles. The van der Waals surface area contributed by atoms with Crippen molar-refractivity contribution in [3.63, 3.8) is 0 Å². The Balaban J connectivity index is 1.29. The molecule has 1 atom stereocenters. The van der Waals surface area contributed by atoms with Crippen molar-refractivity contribution < 1.29 is 0 Å². The Bertz CT molecular complexity index is 2780. The van der Waals surface area contributed by atoms with E-state index in [9.17, 15) is 0 Å². The van der Waals surface area contributed by atoms with Gasteiger partial charge in [0.05, 0.1) is 22.1 Å². The Hall–Kier alpha value is -5.44. The number of benzene rings is 7. The van der Waals surface area contributed by atoms with Gasteiger partial charge in [0.25, 0.3) is 0 Å². The van der Waals surface area contributed by atoms with Crippen molar-refractivity contribution in [2.45, 2.75) is 37.8 Å². The maximum atomic E-state index is 2.58. The lowest BCUT2D eigenvalue weighted by Crippen LogP contribution is -2.64. The van der Waals surface area contributed by atoms with Crippen molar-refractivity contribution >= 4 is 40.3 Å². The van der Waals surface area contributed by atoms with Gasteiger partial charge in [-0.3, -0.25) is 0 Å². The van der Waals surface area contributed by atoms with Crippen molar-refractivity contribution in [2.24, 2.45) is 0 Å². The first kappa shape index (κ1) is 28.4. The van der Waals surface area contributed by atoms with E-state index >= 15 is 0 Å². The summed E-state index contributed by atoms with van der Waals surface area (Å²) in [6.45, 7) is 9.95. The van der Waals surface area contributed by atoms with Gasteiger partial charge in [-0.25, -0.2) is 0 Å². The Labute approximate surface area is 294 Å². The van der Waals surface area contributed by atoms with Crippen molar-refractivity contribution in [2.75, 3.05) is 0 Å². The minimum atomic E-state index is -2.23. The van der Waals surface area contributed by atoms with Crippen LogP contribution in [-0.4, -0.2) is 12.6 Å². The zero-order valence-electron chi connectivity index (χ0n) is 28.9. The summed E-state index contributed by atoms with van der Waals surface area (Å²) in [6, 6.07) is 58.2. The third-order valence-corrected chi connectivity index (χ3v) is 16.2. The molecule has 1 aliphatic carbocycles. The Morgan fingerprint density at radius 3 is 1.98 bits per heavy atom. The van der Waals surface area contributed by atoms with Crippen LogP contribution in [0, 0.1) is 0 Å². The smallest absolute Gasteiger partial charge is 0.113 e. The van der Waals surface area contributed by atoms with Gasteiger partial charge >= 0.3 is 0 Å². The molecule has 0 fully saturated rings. The molecule has 1 nitrogen and oxygen atoms in total. The lowest BCUT2D eigenvalue weighted by molar-refractivity contribution is 0.660. The SMILES string of the molecule is CC1(C)c2ccccc2-c2ccc(-c3cccc4c3[Si](C)(C)c3ccccc3C43c4ccccc4-n4c5ccccc5c5cccc3c54)cc21. The highest BCUT2D eigenvalue weighted by Crippen LogP contribution is 2.56. The molecule has 0 saturated heterocycles. The van der Waals surface area contributed by atoms with E-state index in [0.29, 0.717) is 0 Å². The molecular formula is C48H37NSi. The minimum absolute atomic E-state index is 0.0527. The van der Waals surface area contributed by atoms with E-state index in [-0.39, 0.29) is 5.41 Å². The van der Waals surface area contributed by atoms with Crippen LogP contribution in [0.15, 0.2) is 152 Å². The Morgan fingerprint density at radius 2 is 1.10 bits per heavy atom. The molecule has 238 valence electrons. The molecule has 3 aliphatic rings. The molecule has 1 spiro atoms. The monoisotopic (exact) mass is 655 g/mol. The van der Waals surface area contributed by atoms with Crippen molar-refractivity contribution in [3.05, 3.63) is 185 Å². The fraction of sp³-hybridized carbons (Fsp3) is 0.125. The topological polar surface area (TPSA) is 4.93 Å². The molecule has 0 amide bonds. The van der Waals surface area contributed by atoms with Gasteiger partial charge in [-0.05, 0) is 84.2 Å². The number of hydrogen-bond acceptors (Lipinski definition) is 0. The largest absolute Gasteiger partial charge is 0.309 e. The molecule has 2 heteroatoms. The summed E-state index contributed by atoms with van der Waals surface area (Å²) in [5.41, 5.74) is 17.3. The number of nitrogens with zero attached hydrogens (tertiary/aromatic N) is 1. The average Bonchev–Trinajstić information content (AvgIpc) is 3.61. The van der Waals surface area contributed by atoms with E-state index in [1.807, 2.05) is 0 Å². The second-order valence-corrected chi connectivity index (χ2v) is 19.9. The fourth-order valence-electron chi connectivity index (χ4n) is 10.6. The van der Waals surface area contributed by atoms with Crippen molar-refractivity contribution in [1.29, 1.82) is 0 Å². The molecule has 11 rings (SSSR count). The normalized spacial score (nSPS) is 18.4. The third-order valence-electron chi connectivity index (χ3n) is 12.6. The summed E-state index contributed by atoms with van der Waals surface area (Å²) in [5.74, 6) is 0. The van der Waals surface area contributed by atoms with Crippen LogP contribution in [0.3, 0.4) is 0 Å². The summed E-state index contributed by atoms with van der Waals surface area (Å²) in [5, 5.41) is 5.73. The Morgan fingerprint density at radius 1 is 0.480 bits per heavy atom. The quantitative estimate of drug-likeness (QED) is 0.155. The maximum Gasteiger partial charge on any atom is 0.113 e. The van der Waals surface area contributed by atoms with Crippen LogP contribution in [0.1, 0.15) is 47.2 Å². The van der Waals surface area contributed by atoms with Gasteiger partial charge in [0.15, 0.2) is 0 Å². The van der Waals surface area contributed by atoms with Crippen LogP contribution < -0.4 is 10.4 Å². The summed E-state index contributed by atoms with van der Waals surface area (Å²) < 4.78 is 2.55. The highest BCUT2D eigenvalue weighted by Gasteiger charge is 2.53. The van der Waals surface area contributed by atoms with Crippen LogP contribution >= 0.6 is 0 Å². The van der Waals surface area contributed by atoms with E-state index in [2.05, 4.69) is 183 Å². The van der Waals surface area contributed by atoms with E-state index in [1.165, 1.54) is 88.3 Å². The van der Waals surface area contributed by atoms with Crippen LogP contribution in [0.2, 0.25) is 13.1 Å². The highest BCUT2D eigenvalue weighted by atomic mass is 28.3. The lowest BCUT2D eigenvalue weighted by Gasteiger charge is -2.50. The first-order valence-corrected chi connectivity index (χ1v) is 21.0. The van der Waals surface area contributed by atoms with E-state index in [0.717, 1.165) is 0 Å². The predicted molar refractivity (Wildman–Crippen MR) is 212 cm³/mol. The van der Waals surface area contributed by atoms with E-state index in [4.69, 9.17) is 0 Å². The van der Waals surface area contributed by atoms with Gasteiger partial charge in [-0.2, -0.15) is 0 Å². The molecule has 50 heavy (non-hydrogen) atoms. The van der Waals surface area contributed by atoms with E-state index in [1.54, 1.807) is 5.19 Å². The van der Waals surface area contributed by atoms with Gasteiger partial charge in [0, 0.05) is 16.2 Å². The summed E-state index contributed by atoms with van der Waals surface area (Å²) in [6.07, 6.45) is 0. The van der Waals surface area contributed by atoms with Crippen LogP contribution in [0.4, 0.5) is 0 Å². The lowest BCUT2D eigenvalue weighted by atomic mass is 9.62. The van der Waals surface area contributed by atoms with Gasteiger partial charge in [0.2, 0.25) is 0 Å².